The number of hydrogen-bond acceptors (Lipinski definition) is 4. The van der Waals surface area contributed by atoms with Gasteiger partial charge in [0.25, 0.3) is 0 Å². The Morgan fingerprint density at radius 2 is 1.07 bits per heavy atom. The molecule has 0 atom stereocenters. The molecule has 4 nitrogen and oxygen atoms in total. The number of hydrogen-bond donors (Lipinski definition) is 0. The van der Waals surface area contributed by atoms with Crippen LogP contribution in [-0.2, 0) is 0 Å². The van der Waals surface area contributed by atoms with E-state index in [2.05, 4.69) is 150 Å². The van der Waals surface area contributed by atoms with Crippen molar-refractivity contribution in [3.8, 4) is 17.1 Å². The topological polar surface area (TPSA) is 43.9 Å². The first-order valence-electron chi connectivity index (χ1n) is 18.6. The lowest BCUT2D eigenvalue weighted by atomic mass is 9.91. The molecule has 5 heteroatoms. The molecular weight excluding hydrogens is 691 g/mol. The molecule has 55 heavy (non-hydrogen) atoms. The van der Waals surface area contributed by atoms with Crippen LogP contribution >= 0.6 is 11.3 Å². The van der Waals surface area contributed by atoms with Crippen molar-refractivity contribution in [2.45, 2.75) is 0 Å². The lowest BCUT2D eigenvalue weighted by Gasteiger charge is -2.14. The van der Waals surface area contributed by atoms with Crippen LogP contribution in [0.2, 0.25) is 0 Å². The van der Waals surface area contributed by atoms with E-state index in [9.17, 15) is 0 Å². The van der Waals surface area contributed by atoms with Crippen LogP contribution in [0.15, 0.2) is 168 Å². The summed E-state index contributed by atoms with van der Waals surface area (Å²) in [4.78, 5) is 11.0. The summed E-state index contributed by atoms with van der Waals surface area (Å²) in [5, 5.41) is 15.7. The molecule has 13 aromatic rings. The standard InChI is InChI=1S/C50H27N3OS/c1-2-12-30-28(11-1)21-24-39-45-40(26-25-37-33-15-4-3-13-31(33)32-14-5-6-17-36(32)44(37)45)53(48(30)39)49-46(52-50-47(51-49)38-18-7-9-19-41(38)54-50)29-22-23-35-34-16-8-10-20-42(34)55-43(35)27-29/h1-27H. The van der Waals surface area contributed by atoms with Crippen LogP contribution in [0.3, 0.4) is 0 Å². The predicted molar refractivity (Wildman–Crippen MR) is 232 cm³/mol. The molecule has 254 valence electrons. The quantitative estimate of drug-likeness (QED) is 0.167. The van der Waals surface area contributed by atoms with Gasteiger partial charge in [-0.3, -0.25) is 4.57 Å². The highest BCUT2D eigenvalue weighted by Gasteiger charge is 2.25. The maximum Gasteiger partial charge on any atom is 0.247 e. The van der Waals surface area contributed by atoms with Gasteiger partial charge in [-0.15, -0.1) is 11.3 Å². The summed E-state index contributed by atoms with van der Waals surface area (Å²) >= 11 is 1.81. The minimum Gasteiger partial charge on any atom is -0.436 e. The van der Waals surface area contributed by atoms with Crippen molar-refractivity contribution < 1.29 is 4.42 Å². The zero-order chi connectivity index (χ0) is 35.8. The maximum atomic E-state index is 6.43. The van der Waals surface area contributed by atoms with E-state index in [1.807, 2.05) is 29.5 Å². The van der Waals surface area contributed by atoms with Crippen molar-refractivity contribution >= 4 is 119 Å². The van der Waals surface area contributed by atoms with Crippen LogP contribution in [0.1, 0.15) is 0 Å². The third kappa shape index (κ3) is 3.94. The molecule has 13 rings (SSSR count). The lowest BCUT2D eigenvalue weighted by molar-refractivity contribution is 0.653. The van der Waals surface area contributed by atoms with Gasteiger partial charge in [-0.05, 0) is 62.6 Å². The van der Waals surface area contributed by atoms with Gasteiger partial charge in [0.2, 0.25) is 5.71 Å². The number of thiophene rings is 1. The van der Waals surface area contributed by atoms with E-state index in [0.717, 1.165) is 44.6 Å². The first kappa shape index (κ1) is 29.4. The Balaban J connectivity index is 1.25. The van der Waals surface area contributed by atoms with Crippen molar-refractivity contribution in [3.05, 3.63) is 164 Å². The van der Waals surface area contributed by atoms with E-state index in [-0.39, 0.29) is 0 Å². The highest BCUT2D eigenvalue weighted by Crippen LogP contribution is 2.46. The minimum atomic E-state index is 0.532. The van der Waals surface area contributed by atoms with Gasteiger partial charge in [0.15, 0.2) is 5.82 Å². The molecule has 0 saturated carbocycles. The van der Waals surface area contributed by atoms with Gasteiger partial charge < -0.3 is 4.42 Å². The maximum absolute atomic E-state index is 6.43. The summed E-state index contributed by atoms with van der Waals surface area (Å²) in [7, 11) is 0. The minimum absolute atomic E-state index is 0.532. The van der Waals surface area contributed by atoms with Crippen LogP contribution in [0.5, 0.6) is 0 Å². The van der Waals surface area contributed by atoms with Crippen molar-refractivity contribution in [1.29, 1.82) is 0 Å². The fourth-order valence-corrected chi connectivity index (χ4v) is 10.4. The summed E-state index contributed by atoms with van der Waals surface area (Å²) in [6.45, 7) is 0. The molecule has 0 radical (unpaired) electrons. The van der Waals surface area contributed by atoms with Crippen molar-refractivity contribution in [2.75, 3.05) is 0 Å². The number of fused-ring (bicyclic) bond motifs is 18. The van der Waals surface area contributed by atoms with Gasteiger partial charge >= 0.3 is 0 Å². The van der Waals surface area contributed by atoms with Crippen LogP contribution < -0.4 is 0 Å². The second kappa shape index (κ2) is 10.8. The van der Waals surface area contributed by atoms with Crippen molar-refractivity contribution in [1.82, 2.24) is 14.5 Å². The molecule has 0 unspecified atom stereocenters. The molecule has 0 amide bonds. The Morgan fingerprint density at radius 3 is 1.91 bits per heavy atom. The third-order valence-corrected chi connectivity index (χ3v) is 12.7. The van der Waals surface area contributed by atoms with E-state index in [0.29, 0.717) is 5.71 Å². The van der Waals surface area contributed by atoms with Crippen molar-refractivity contribution in [3.63, 3.8) is 0 Å². The van der Waals surface area contributed by atoms with Gasteiger partial charge in [-0.25, -0.2) is 9.97 Å². The number of benzene rings is 9. The van der Waals surface area contributed by atoms with Crippen LogP contribution in [0, 0.1) is 0 Å². The summed E-state index contributed by atoms with van der Waals surface area (Å²) in [5.41, 5.74) is 6.04. The van der Waals surface area contributed by atoms with E-state index >= 15 is 0 Å². The van der Waals surface area contributed by atoms with Gasteiger partial charge in [-0.2, -0.15) is 0 Å². The zero-order valence-electron chi connectivity index (χ0n) is 29.2. The Morgan fingerprint density at radius 1 is 0.455 bits per heavy atom. The summed E-state index contributed by atoms with van der Waals surface area (Å²) in [6.07, 6.45) is 0. The SMILES string of the molecule is c1ccc2c(c1)ccc1c3c4c5ccccc5c5ccccc5c4ccc3n(-c3nc4c(nc3-c3ccc5c(c3)sc3ccccc35)oc3ccccc34)c21. The molecule has 0 aliphatic heterocycles. The fourth-order valence-electron chi connectivity index (χ4n) is 9.22. The molecular formula is C50H27N3OS. The molecule has 0 bridgehead atoms. The molecule has 0 N–H and O–H groups in total. The Labute approximate surface area is 317 Å². The average molecular weight is 718 g/mol. The first-order chi connectivity index (χ1) is 27.3. The monoisotopic (exact) mass is 717 g/mol. The zero-order valence-corrected chi connectivity index (χ0v) is 30.1. The highest BCUT2D eigenvalue weighted by atomic mass is 32.1. The Kier molecular flexibility index (Phi) is 5.74. The Bertz CT molecular complexity index is 3760. The molecule has 9 aromatic carbocycles. The van der Waals surface area contributed by atoms with Gasteiger partial charge in [0.1, 0.15) is 16.8 Å². The third-order valence-electron chi connectivity index (χ3n) is 11.6. The predicted octanol–water partition coefficient (Wildman–Crippen LogP) is 14.1. The fraction of sp³-hybridized carbons (Fsp3) is 0. The first-order valence-corrected chi connectivity index (χ1v) is 19.4. The second-order valence-corrected chi connectivity index (χ2v) is 15.5. The molecule has 0 fully saturated rings. The average Bonchev–Trinajstić information content (AvgIpc) is 3.92. The Hall–Kier alpha value is -7.08. The number of furan rings is 1. The summed E-state index contributed by atoms with van der Waals surface area (Å²) in [5.74, 6) is 0.778. The molecule has 0 aliphatic rings. The van der Waals surface area contributed by atoms with Gasteiger partial charge in [-0.1, -0.05) is 133 Å². The summed E-state index contributed by atoms with van der Waals surface area (Å²) in [6, 6.07) is 59.0. The number of rotatable bonds is 2. The van der Waals surface area contributed by atoms with Crippen LogP contribution in [-0.4, -0.2) is 14.5 Å². The second-order valence-electron chi connectivity index (χ2n) is 14.4. The van der Waals surface area contributed by atoms with Crippen LogP contribution in [0.25, 0.3) is 124 Å². The molecule has 4 aromatic heterocycles. The van der Waals surface area contributed by atoms with Gasteiger partial charge in [0.05, 0.1) is 11.0 Å². The van der Waals surface area contributed by atoms with E-state index in [1.54, 1.807) is 0 Å². The lowest BCUT2D eigenvalue weighted by Crippen LogP contribution is -2.03. The number of para-hydroxylation sites is 1. The van der Waals surface area contributed by atoms with E-state index < -0.39 is 0 Å². The number of aromatic nitrogens is 3. The highest BCUT2D eigenvalue weighted by molar-refractivity contribution is 7.25. The molecule has 4 heterocycles. The van der Waals surface area contributed by atoms with Crippen LogP contribution in [0.4, 0.5) is 0 Å². The molecule has 0 saturated heterocycles. The number of nitrogens with zero attached hydrogens (tertiary/aromatic N) is 3. The molecule has 0 aliphatic carbocycles. The van der Waals surface area contributed by atoms with E-state index in [4.69, 9.17) is 14.4 Å². The van der Waals surface area contributed by atoms with Gasteiger partial charge in [0, 0.05) is 52.7 Å². The van der Waals surface area contributed by atoms with E-state index in [1.165, 1.54) is 74.0 Å². The smallest absolute Gasteiger partial charge is 0.247 e. The summed E-state index contributed by atoms with van der Waals surface area (Å²) < 4.78 is 11.3. The molecule has 0 spiro atoms. The largest absolute Gasteiger partial charge is 0.436 e. The van der Waals surface area contributed by atoms with Crippen molar-refractivity contribution in [2.24, 2.45) is 0 Å². The normalized spacial score (nSPS) is 12.4.